The van der Waals surface area contributed by atoms with E-state index in [1.165, 1.54) is 35.2 Å². The normalized spacial score (nSPS) is 14.3. The van der Waals surface area contributed by atoms with Crippen molar-refractivity contribution < 1.29 is 22.0 Å². The van der Waals surface area contributed by atoms with E-state index in [9.17, 15) is 22.0 Å². The Kier molecular flexibility index (Phi) is 5.29. The molecule has 138 valence electrons. The number of halogens is 3. The van der Waals surface area contributed by atoms with E-state index < -0.39 is 33.1 Å². The molecule has 3 rings (SSSR count). The molecule has 0 atom stereocenters. The van der Waals surface area contributed by atoms with Crippen LogP contribution in [0.2, 0.25) is 5.02 Å². The molecule has 0 bridgehead atoms. The fraction of sp³-hybridized carbons (Fsp3) is 0.278. The fourth-order valence-electron chi connectivity index (χ4n) is 2.61. The van der Waals surface area contributed by atoms with Gasteiger partial charge in [-0.3, -0.25) is 4.79 Å². The molecule has 0 radical (unpaired) electrons. The van der Waals surface area contributed by atoms with Gasteiger partial charge in [-0.05, 0) is 43.2 Å². The van der Waals surface area contributed by atoms with Crippen molar-refractivity contribution in [2.75, 3.05) is 5.75 Å². The highest BCUT2D eigenvalue weighted by atomic mass is 35.5. The smallest absolute Gasteiger partial charge is 0.238 e. The van der Waals surface area contributed by atoms with Crippen LogP contribution in [0.5, 0.6) is 0 Å². The van der Waals surface area contributed by atoms with Gasteiger partial charge in [0.05, 0.1) is 4.90 Å². The van der Waals surface area contributed by atoms with Gasteiger partial charge < -0.3 is 4.90 Å². The van der Waals surface area contributed by atoms with Gasteiger partial charge in [0.25, 0.3) is 0 Å². The third kappa shape index (κ3) is 4.40. The van der Waals surface area contributed by atoms with E-state index in [-0.39, 0.29) is 23.0 Å². The molecule has 0 aliphatic heterocycles. The minimum Gasteiger partial charge on any atom is -0.334 e. The molecule has 0 N–H and O–H groups in total. The predicted octanol–water partition coefficient (Wildman–Crippen LogP) is 3.58. The summed E-state index contributed by atoms with van der Waals surface area (Å²) in [4.78, 5) is 13.9. The van der Waals surface area contributed by atoms with E-state index in [4.69, 9.17) is 11.6 Å². The lowest BCUT2D eigenvalue weighted by atomic mass is 10.2. The monoisotopic (exact) mass is 399 g/mol. The van der Waals surface area contributed by atoms with Gasteiger partial charge in [0.15, 0.2) is 9.84 Å². The van der Waals surface area contributed by atoms with E-state index in [1.54, 1.807) is 0 Å². The summed E-state index contributed by atoms with van der Waals surface area (Å²) >= 11 is 5.75. The van der Waals surface area contributed by atoms with Crippen LogP contribution in [0.4, 0.5) is 8.78 Å². The van der Waals surface area contributed by atoms with E-state index in [0.29, 0.717) is 5.02 Å². The van der Waals surface area contributed by atoms with Gasteiger partial charge in [-0.25, -0.2) is 17.2 Å². The molecule has 2 aromatic rings. The molecule has 1 saturated carbocycles. The Morgan fingerprint density at radius 1 is 1.12 bits per heavy atom. The Morgan fingerprint density at radius 2 is 1.77 bits per heavy atom. The third-order valence-corrected chi connectivity index (χ3v) is 6.02. The molecule has 0 saturated heterocycles. The van der Waals surface area contributed by atoms with Crippen LogP contribution in [0, 0.1) is 11.6 Å². The second kappa shape index (κ2) is 7.32. The number of hydrogen-bond acceptors (Lipinski definition) is 3. The second-order valence-corrected chi connectivity index (χ2v) is 8.63. The summed E-state index contributed by atoms with van der Waals surface area (Å²) in [7, 11) is -3.84. The van der Waals surface area contributed by atoms with Crippen LogP contribution in [0.25, 0.3) is 0 Å². The van der Waals surface area contributed by atoms with Crippen LogP contribution in [0.15, 0.2) is 47.4 Å². The number of nitrogens with zero attached hydrogens (tertiary/aromatic N) is 1. The van der Waals surface area contributed by atoms with Crippen molar-refractivity contribution in [3.8, 4) is 0 Å². The van der Waals surface area contributed by atoms with Gasteiger partial charge in [-0.2, -0.15) is 0 Å². The highest BCUT2D eigenvalue weighted by molar-refractivity contribution is 7.92. The molecule has 0 spiro atoms. The van der Waals surface area contributed by atoms with Crippen molar-refractivity contribution in [1.82, 2.24) is 4.90 Å². The van der Waals surface area contributed by atoms with Crippen LogP contribution in [-0.2, 0) is 21.2 Å². The maximum Gasteiger partial charge on any atom is 0.238 e. The van der Waals surface area contributed by atoms with Crippen molar-refractivity contribution in [2.24, 2.45) is 0 Å². The summed E-state index contributed by atoms with van der Waals surface area (Å²) in [6.07, 6.45) is 1.46. The molecule has 1 aliphatic rings. The second-order valence-electron chi connectivity index (χ2n) is 6.20. The van der Waals surface area contributed by atoms with Gasteiger partial charge in [0.1, 0.15) is 17.4 Å². The molecule has 0 aromatic heterocycles. The van der Waals surface area contributed by atoms with Crippen LogP contribution in [-0.4, -0.2) is 31.0 Å². The van der Waals surface area contributed by atoms with Crippen LogP contribution in [0.3, 0.4) is 0 Å². The van der Waals surface area contributed by atoms with E-state index in [1.807, 2.05) is 0 Å². The number of carbonyl (C=O) groups is 1. The molecule has 0 unspecified atom stereocenters. The minimum absolute atomic E-state index is 0.000963. The Bertz CT molecular complexity index is 928. The van der Waals surface area contributed by atoms with Gasteiger partial charge in [0, 0.05) is 29.2 Å². The van der Waals surface area contributed by atoms with Crippen LogP contribution >= 0.6 is 11.6 Å². The number of benzene rings is 2. The number of rotatable bonds is 6. The SMILES string of the molecule is O=C(CS(=O)(=O)c1ccc(Cl)cc1)N(Cc1ccc(F)cc1F)C1CC1. The van der Waals surface area contributed by atoms with Crippen molar-refractivity contribution in [1.29, 1.82) is 0 Å². The van der Waals surface area contributed by atoms with Crippen LogP contribution < -0.4 is 0 Å². The summed E-state index contributed by atoms with van der Waals surface area (Å²) in [6, 6.07) is 8.55. The Morgan fingerprint density at radius 3 is 2.35 bits per heavy atom. The molecule has 1 aliphatic carbocycles. The van der Waals surface area contributed by atoms with Crippen molar-refractivity contribution >= 4 is 27.3 Å². The first-order valence-corrected chi connectivity index (χ1v) is 10.0. The van der Waals surface area contributed by atoms with Crippen molar-refractivity contribution in [3.63, 3.8) is 0 Å². The zero-order valence-corrected chi connectivity index (χ0v) is 15.2. The Hall–Kier alpha value is -1.99. The lowest BCUT2D eigenvalue weighted by Gasteiger charge is -2.23. The van der Waals surface area contributed by atoms with Gasteiger partial charge in [0.2, 0.25) is 5.91 Å². The number of amides is 1. The number of sulfone groups is 1. The van der Waals surface area contributed by atoms with Crippen LogP contribution in [0.1, 0.15) is 18.4 Å². The molecule has 4 nitrogen and oxygen atoms in total. The van der Waals surface area contributed by atoms with E-state index in [0.717, 1.165) is 25.0 Å². The average molecular weight is 400 g/mol. The summed E-state index contributed by atoms with van der Waals surface area (Å²) in [5.74, 6) is -2.79. The maximum absolute atomic E-state index is 13.9. The van der Waals surface area contributed by atoms with E-state index >= 15 is 0 Å². The minimum atomic E-state index is -3.84. The summed E-state index contributed by atoms with van der Waals surface area (Å²) < 4.78 is 51.8. The predicted molar refractivity (Wildman–Crippen MR) is 93.4 cm³/mol. The zero-order chi connectivity index (χ0) is 18.9. The summed E-state index contributed by atoms with van der Waals surface area (Å²) in [5, 5.41) is 0.390. The number of hydrogen-bond donors (Lipinski definition) is 0. The summed E-state index contributed by atoms with van der Waals surface area (Å²) in [6.45, 7) is -0.0915. The van der Waals surface area contributed by atoms with Gasteiger partial charge in [-0.1, -0.05) is 17.7 Å². The molecule has 1 fully saturated rings. The van der Waals surface area contributed by atoms with Gasteiger partial charge in [-0.15, -0.1) is 0 Å². The number of carbonyl (C=O) groups excluding carboxylic acids is 1. The molecular weight excluding hydrogens is 384 g/mol. The van der Waals surface area contributed by atoms with E-state index in [2.05, 4.69) is 0 Å². The largest absolute Gasteiger partial charge is 0.334 e. The Balaban J connectivity index is 1.78. The molecule has 1 amide bonds. The maximum atomic E-state index is 13.9. The zero-order valence-electron chi connectivity index (χ0n) is 13.7. The topological polar surface area (TPSA) is 54.5 Å². The highest BCUT2D eigenvalue weighted by Gasteiger charge is 2.35. The lowest BCUT2D eigenvalue weighted by molar-refractivity contribution is -0.129. The molecular formula is C18H16ClF2NO3S. The molecule has 0 heterocycles. The first-order valence-electron chi connectivity index (χ1n) is 7.98. The quantitative estimate of drug-likeness (QED) is 0.746. The molecule has 26 heavy (non-hydrogen) atoms. The lowest BCUT2D eigenvalue weighted by Crippen LogP contribution is -2.37. The molecule has 2 aromatic carbocycles. The first kappa shape index (κ1) is 18.8. The molecule has 8 heteroatoms. The standard InChI is InChI=1S/C18H16ClF2NO3S/c19-13-2-7-16(8-3-13)26(24,25)11-18(23)22(15-5-6-15)10-12-1-4-14(20)9-17(12)21/h1-4,7-9,15H,5-6,10-11H2. The average Bonchev–Trinajstić information content (AvgIpc) is 3.38. The Labute approximate surface area is 155 Å². The van der Waals surface area contributed by atoms with Gasteiger partial charge >= 0.3 is 0 Å². The third-order valence-electron chi connectivity index (χ3n) is 4.15. The van der Waals surface area contributed by atoms with Crippen molar-refractivity contribution in [2.45, 2.75) is 30.3 Å². The van der Waals surface area contributed by atoms with Crippen molar-refractivity contribution in [3.05, 3.63) is 64.7 Å². The highest BCUT2D eigenvalue weighted by Crippen LogP contribution is 2.29. The fourth-order valence-corrected chi connectivity index (χ4v) is 3.95. The first-order chi connectivity index (χ1) is 12.3. The summed E-state index contributed by atoms with van der Waals surface area (Å²) in [5.41, 5.74) is 0.149.